The maximum atomic E-state index is 6.10. The average Bonchev–Trinajstić information content (AvgIpc) is 2.86. The normalized spacial score (nSPS) is 33.2. The molecule has 2 fully saturated rings. The standard InChI is InChI=1S/C15H24ClN5O/c1-10-21(2)15(20-22-10)12-5-3-11(4-6-12)8-17-14-7-13(16)18-9-19-14/h3-6,10,13-15,17-20H,7-9H2,1-2H3. The van der Waals surface area contributed by atoms with Crippen LogP contribution in [0.15, 0.2) is 24.3 Å². The van der Waals surface area contributed by atoms with Crippen molar-refractivity contribution in [1.29, 1.82) is 0 Å². The van der Waals surface area contributed by atoms with Crippen LogP contribution in [0.25, 0.3) is 0 Å². The largest absolute Gasteiger partial charge is 0.298 e. The molecular formula is C15H24ClN5O. The molecule has 0 radical (unpaired) electrons. The summed E-state index contributed by atoms with van der Waals surface area (Å²) in [5.41, 5.74) is 5.55. The fourth-order valence-electron chi connectivity index (χ4n) is 2.72. The lowest BCUT2D eigenvalue weighted by atomic mass is 10.1. The zero-order chi connectivity index (χ0) is 15.5. The molecule has 2 aliphatic rings. The minimum atomic E-state index is 0.0343. The predicted molar refractivity (Wildman–Crippen MR) is 86.7 cm³/mol. The molecule has 0 saturated carbocycles. The van der Waals surface area contributed by atoms with Gasteiger partial charge in [0.25, 0.3) is 0 Å². The van der Waals surface area contributed by atoms with E-state index in [0.29, 0.717) is 0 Å². The number of nitrogens with one attached hydrogen (secondary N) is 4. The number of hydrogen-bond acceptors (Lipinski definition) is 6. The van der Waals surface area contributed by atoms with Crippen LogP contribution in [0.4, 0.5) is 0 Å². The van der Waals surface area contributed by atoms with E-state index in [4.69, 9.17) is 16.4 Å². The van der Waals surface area contributed by atoms with E-state index in [1.807, 2.05) is 6.92 Å². The molecule has 4 unspecified atom stereocenters. The maximum Gasteiger partial charge on any atom is 0.130 e. The Kier molecular flexibility index (Phi) is 5.30. The van der Waals surface area contributed by atoms with Gasteiger partial charge < -0.3 is 0 Å². The first kappa shape index (κ1) is 16.1. The summed E-state index contributed by atoms with van der Waals surface area (Å²) < 4.78 is 0. The van der Waals surface area contributed by atoms with Crippen molar-refractivity contribution in [2.45, 2.75) is 43.9 Å². The molecular weight excluding hydrogens is 302 g/mol. The third kappa shape index (κ3) is 3.78. The number of halogens is 1. The van der Waals surface area contributed by atoms with Crippen LogP contribution in [0, 0.1) is 0 Å². The average molecular weight is 326 g/mol. The molecule has 2 aliphatic heterocycles. The summed E-state index contributed by atoms with van der Waals surface area (Å²) in [5.74, 6) is 0. The highest BCUT2D eigenvalue weighted by Gasteiger charge is 2.29. The van der Waals surface area contributed by atoms with E-state index in [0.717, 1.165) is 19.6 Å². The van der Waals surface area contributed by atoms with Gasteiger partial charge in [-0.05, 0) is 25.1 Å². The van der Waals surface area contributed by atoms with Crippen molar-refractivity contribution < 1.29 is 4.84 Å². The summed E-state index contributed by atoms with van der Waals surface area (Å²) >= 11 is 6.10. The van der Waals surface area contributed by atoms with Gasteiger partial charge in [-0.1, -0.05) is 24.3 Å². The number of hydroxylamine groups is 1. The second kappa shape index (κ2) is 7.23. The lowest BCUT2D eigenvalue weighted by molar-refractivity contribution is 0.0104. The summed E-state index contributed by atoms with van der Waals surface area (Å²) in [6.07, 6.45) is 1.31. The van der Waals surface area contributed by atoms with Crippen LogP contribution < -0.4 is 21.4 Å². The van der Waals surface area contributed by atoms with Crippen LogP contribution in [0.5, 0.6) is 0 Å². The smallest absolute Gasteiger partial charge is 0.130 e. The minimum Gasteiger partial charge on any atom is -0.298 e. The van der Waals surface area contributed by atoms with Gasteiger partial charge in [-0.2, -0.15) is 5.48 Å². The zero-order valence-corrected chi connectivity index (χ0v) is 13.7. The first-order valence-corrected chi connectivity index (χ1v) is 8.13. The Bertz CT molecular complexity index is 485. The molecule has 0 bridgehead atoms. The number of alkyl halides is 1. The number of hydrogen-bond donors (Lipinski definition) is 4. The first-order chi connectivity index (χ1) is 10.6. The number of nitrogens with zero attached hydrogens (tertiary/aromatic N) is 1. The second-order valence-corrected chi connectivity index (χ2v) is 6.39. The number of benzene rings is 1. The van der Waals surface area contributed by atoms with E-state index >= 15 is 0 Å². The van der Waals surface area contributed by atoms with Crippen molar-refractivity contribution in [1.82, 2.24) is 26.3 Å². The van der Waals surface area contributed by atoms with E-state index < -0.39 is 0 Å². The highest BCUT2D eigenvalue weighted by molar-refractivity contribution is 6.20. The monoisotopic (exact) mass is 325 g/mol. The van der Waals surface area contributed by atoms with Gasteiger partial charge in [0.1, 0.15) is 12.4 Å². The van der Waals surface area contributed by atoms with Crippen LogP contribution in [0.1, 0.15) is 30.6 Å². The quantitative estimate of drug-likeness (QED) is 0.490. The van der Waals surface area contributed by atoms with Crippen molar-refractivity contribution >= 4 is 11.6 Å². The number of rotatable bonds is 4. The van der Waals surface area contributed by atoms with Gasteiger partial charge >= 0.3 is 0 Å². The summed E-state index contributed by atoms with van der Waals surface area (Å²) in [7, 11) is 2.05. The van der Waals surface area contributed by atoms with Gasteiger partial charge in [0.2, 0.25) is 0 Å². The molecule has 4 N–H and O–H groups in total. The van der Waals surface area contributed by atoms with E-state index in [2.05, 4.69) is 57.6 Å². The Hall–Kier alpha value is -0.730. The molecule has 22 heavy (non-hydrogen) atoms. The van der Waals surface area contributed by atoms with Crippen LogP contribution in [-0.4, -0.2) is 36.5 Å². The Morgan fingerprint density at radius 2 is 2.09 bits per heavy atom. The molecule has 4 atom stereocenters. The van der Waals surface area contributed by atoms with Crippen molar-refractivity contribution in [3.05, 3.63) is 35.4 Å². The fourth-order valence-corrected chi connectivity index (χ4v) is 2.98. The fraction of sp³-hybridized carbons (Fsp3) is 0.600. The van der Waals surface area contributed by atoms with Crippen molar-refractivity contribution in [3.63, 3.8) is 0 Å². The molecule has 2 heterocycles. The maximum absolute atomic E-state index is 6.10. The van der Waals surface area contributed by atoms with Gasteiger partial charge in [-0.25, -0.2) is 0 Å². The molecule has 6 nitrogen and oxygen atoms in total. The SMILES string of the molecule is CC1ONC(c2ccc(CNC3CC(Cl)NCN3)cc2)N1C. The predicted octanol–water partition coefficient (Wildman–Crippen LogP) is 1.02. The summed E-state index contributed by atoms with van der Waals surface area (Å²) in [4.78, 5) is 7.60. The Morgan fingerprint density at radius 3 is 2.73 bits per heavy atom. The van der Waals surface area contributed by atoms with Gasteiger partial charge in [0.15, 0.2) is 0 Å². The molecule has 3 rings (SSSR count). The highest BCUT2D eigenvalue weighted by atomic mass is 35.5. The summed E-state index contributed by atoms with van der Waals surface area (Å²) in [5, 5.41) is 9.98. The second-order valence-electron chi connectivity index (χ2n) is 5.87. The molecule has 7 heteroatoms. The zero-order valence-electron chi connectivity index (χ0n) is 13.0. The van der Waals surface area contributed by atoms with Crippen molar-refractivity contribution in [2.75, 3.05) is 13.7 Å². The Morgan fingerprint density at radius 1 is 1.32 bits per heavy atom. The third-order valence-corrected chi connectivity index (χ3v) is 4.63. The van der Waals surface area contributed by atoms with Crippen LogP contribution in [-0.2, 0) is 11.4 Å². The van der Waals surface area contributed by atoms with Crippen molar-refractivity contribution in [2.24, 2.45) is 0 Å². The third-order valence-electron chi connectivity index (χ3n) is 4.29. The van der Waals surface area contributed by atoms with E-state index in [1.54, 1.807) is 0 Å². The highest BCUT2D eigenvalue weighted by Crippen LogP contribution is 2.24. The van der Waals surface area contributed by atoms with Gasteiger partial charge in [0, 0.05) is 19.6 Å². The van der Waals surface area contributed by atoms with Crippen LogP contribution >= 0.6 is 11.6 Å². The molecule has 122 valence electrons. The topological polar surface area (TPSA) is 60.6 Å². The van der Waals surface area contributed by atoms with E-state index in [-0.39, 0.29) is 24.1 Å². The molecule has 0 aliphatic carbocycles. The Labute approximate surface area is 136 Å². The molecule has 0 spiro atoms. The molecule has 1 aromatic rings. The molecule has 2 saturated heterocycles. The molecule has 1 aromatic carbocycles. The Balaban J connectivity index is 1.53. The minimum absolute atomic E-state index is 0.0343. The van der Waals surface area contributed by atoms with Gasteiger partial charge in [-0.3, -0.25) is 25.7 Å². The van der Waals surface area contributed by atoms with E-state index in [1.165, 1.54) is 11.1 Å². The van der Waals surface area contributed by atoms with Crippen molar-refractivity contribution in [3.8, 4) is 0 Å². The first-order valence-electron chi connectivity index (χ1n) is 7.69. The summed E-state index contributed by atoms with van der Waals surface area (Å²) in [6, 6.07) is 8.60. The van der Waals surface area contributed by atoms with Crippen LogP contribution in [0.3, 0.4) is 0 Å². The van der Waals surface area contributed by atoms with E-state index in [9.17, 15) is 0 Å². The van der Waals surface area contributed by atoms with Crippen LogP contribution in [0.2, 0.25) is 0 Å². The lowest BCUT2D eigenvalue weighted by Gasteiger charge is -2.29. The molecule has 0 amide bonds. The molecule has 0 aromatic heterocycles. The van der Waals surface area contributed by atoms with Gasteiger partial charge in [0.05, 0.1) is 11.7 Å². The lowest BCUT2D eigenvalue weighted by Crippen LogP contribution is -2.54. The summed E-state index contributed by atoms with van der Waals surface area (Å²) in [6.45, 7) is 3.59. The van der Waals surface area contributed by atoms with Gasteiger partial charge in [-0.15, -0.1) is 11.6 Å².